The molecule has 0 saturated carbocycles. The standard InChI is InChI=1S/C9H11BrClNO3S/c10-7-2-3-8(11)9(6-7)15-4-1-5-16(12,13)14/h2-3,6H,1,4-5H2,(H2,12,13,14). The van der Waals surface area contributed by atoms with E-state index in [1.165, 1.54) is 0 Å². The first-order chi connectivity index (χ1) is 7.38. The number of benzene rings is 1. The lowest BCUT2D eigenvalue weighted by atomic mass is 10.3. The molecule has 0 aliphatic heterocycles. The highest BCUT2D eigenvalue weighted by Crippen LogP contribution is 2.27. The molecule has 0 fully saturated rings. The fourth-order valence-corrected chi connectivity index (χ4v) is 2.06. The zero-order valence-electron chi connectivity index (χ0n) is 8.32. The number of primary sulfonamides is 1. The van der Waals surface area contributed by atoms with E-state index in [-0.39, 0.29) is 12.4 Å². The van der Waals surface area contributed by atoms with Crippen LogP contribution in [0.5, 0.6) is 5.75 Å². The van der Waals surface area contributed by atoms with Gasteiger partial charge in [-0.1, -0.05) is 27.5 Å². The van der Waals surface area contributed by atoms with Gasteiger partial charge in [-0.2, -0.15) is 0 Å². The molecule has 90 valence electrons. The van der Waals surface area contributed by atoms with Gasteiger partial charge >= 0.3 is 0 Å². The molecule has 0 radical (unpaired) electrons. The van der Waals surface area contributed by atoms with Crippen LogP contribution in [0.4, 0.5) is 0 Å². The largest absolute Gasteiger partial charge is 0.492 e. The molecule has 1 aromatic rings. The van der Waals surface area contributed by atoms with Crippen molar-refractivity contribution >= 4 is 37.6 Å². The van der Waals surface area contributed by atoms with E-state index in [2.05, 4.69) is 15.9 Å². The molecule has 0 atom stereocenters. The van der Waals surface area contributed by atoms with E-state index in [0.717, 1.165) is 4.47 Å². The zero-order valence-corrected chi connectivity index (χ0v) is 11.5. The Bertz CT molecular complexity index is 464. The van der Waals surface area contributed by atoms with Crippen LogP contribution in [0.25, 0.3) is 0 Å². The van der Waals surface area contributed by atoms with Crippen molar-refractivity contribution in [2.24, 2.45) is 5.14 Å². The molecule has 16 heavy (non-hydrogen) atoms. The van der Waals surface area contributed by atoms with Crippen LogP contribution in [-0.2, 0) is 10.0 Å². The quantitative estimate of drug-likeness (QED) is 0.842. The van der Waals surface area contributed by atoms with Crippen LogP contribution < -0.4 is 9.88 Å². The number of nitrogens with two attached hydrogens (primary N) is 1. The normalized spacial score (nSPS) is 11.4. The van der Waals surface area contributed by atoms with E-state index in [4.69, 9.17) is 21.5 Å². The van der Waals surface area contributed by atoms with Gasteiger partial charge in [-0.3, -0.25) is 0 Å². The number of ether oxygens (including phenoxy) is 1. The highest BCUT2D eigenvalue weighted by molar-refractivity contribution is 9.10. The second kappa shape index (κ2) is 5.86. The maximum atomic E-state index is 10.7. The first kappa shape index (κ1) is 13.8. The van der Waals surface area contributed by atoms with Gasteiger partial charge in [-0.25, -0.2) is 13.6 Å². The second-order valence-electron chi connectivity index (χ2n) is 3.14. The van der Waals surface area contributed by atoms with Crippen molar-refractivity contribution in [2.45, 2.75) is 6.42 Å². The number of halogens is 2. The Morgan fingerprint density at radius 1 is 1.44 bits per heavy atom. The molecule has 1 rings (SSSR count). The summed E-state index contributed by atoms with van der Waals surface area (Å²) in [5.74, 6) is 0.420. The van der Waals surface area contributed by atoms with Gasteiger partial charge in [0.05, 0.1) is 17.4 Å². The van der Waals surface area contributed by atoms with Crippen molar-refractivity contribution in [2.75, 3.05) is 12.4 Å². The van der Waals surface area contributed by atoms with Gasteiger partial charge in [0.25, 0.3) is 0 Å². The minimum Gasteiger partial charge on any atom is -0.492 e. The minimum atomic E-state index is -3.42. The summed E-state index contributed by atoms with van der Waals surface area (Å²) in [5.41, 5.74) is 0. The first-order valence-corrected chi connectivity index (χ1v) is 7.35. The number of hydrogen-bond donors (Lipinski definition) is 1. The second-order valence-corrected chi connectivity index (χ2v) is 6.20. The summed E-state index contributed by atoms with van der Waals surface area (Å²) in [7, 11) is -3.42. The lowest BCUT2D eigenvalue weighted by Crippen LogP contribution is -2.18. The van der Waals surface area contributed by atoms with Crippen molar-refractivity contribution in [3.8, 4) is 5.75 Å². The van der Waals surface area contributed by atoms with Crippen LogP contribution in [0.2, 0.25) is 5.02 Å². The molecule has 0 aliphatic rings. The molecule has 0 bridgehead atoms. The van der Waals surface area contributed by atoms with Crippen LogP contribution in [0, 0.1) is 0 Å². The third kappa shape index (κ3) is 5.16. The third-order valence-corrected chi connectivity index (χ3v) is 3.39. The van der Waals surface area contributed by atoms with E-state index in [1.54, 1.807) is 18.2 Å². The Morgan fingerprint density at radius 2 is 2.12 bits per heavy atom. The maximum Gasteiger partial charge on any atom is 0.209 e. The fourth-order valence-electron chi connectivity index (χ4n) is 1.03. The van der Waals surface area contributed by atoms with Crippen molar-refractivity contribution in [3.63, 3.8) is 0 Å². The van der Waals surface area contributed by atoms with Crippen molar-refractivity contribution < 1.29 is 13.2 Å². The van der Waals surface area contributed by atoms with Crippen LogP contribution in [0.15, 0.2) is 22.7 Å². The fraction of sp³-hybridized carbons (Fsp3) is 0.333. The third-order valence-electron chi connectivity index (χ3n) is 1.72. The average Bonchev–Trinajstić information content (AvgIpc) is 2.16. The van der Waals surface area contributed by atoms with E-state index >= 15 is 0 Å². The predicted molar refractivity (Wildman–Crippen MR) is 67.2 cm³/mol. The molecule has 2 N–H and O–H groups in total. The first-order valence-electron chi connectivity index (χ1n) is 4.47. The van der Waals surface area contributed by atoms with Crippen LogP contribution in [0.1, 0.15) is 6.42 Å². The summed E-state index contributed by atoms with van der Waals surface area (Å²) >= 11 is 9.16. The maximum absolute atomic E-state index is 10.7. The Kier molecular flexibility index (Phi) is 5.04. The van der Waals surface area contributed by atoms with Gasteiger partial charge in [0.2, 0.25) is 10.0 Å². The lowest BCUT2D eigenvalue weighted by molar-refractivity contribution is 0.317. The van der Waals surface area contributed by atoms with Gasteiger partial charge in [0.15, 0.2) is 0 Å². The predicted octanol–water partition coefficient (Wildman–Crippen LogP) is 2.16. The van der Waals surface area contributed by atoms with Gasteiger partial charge in [-0.05, 0) is 24.6 Å². The van der Waals surface area contributed by atoms with Gasteiger partial charge in [0, 0.05) is 4.47 Å². The lowest BCUT2D eigenvalue weighted by Gasteiger charge is -2.07. The summed E-state index contributed by atoms with van der Waals surface area (Å²) in [6, 6.07) is 5.21. The monoisotopic (exact) mass is 327 g/mol. The molecular formula is C9H11BrClNO3S. The van der Waals surface area contributed by atoms with Crippen LogP contribution >= 0.6 is 27.5 Å². The van der Waals surface area contributed by atoms with E-state index in [9.17, 15) is 8.42 Å². The summed E-state index contributed by atoms with van der Waals surface area (Å²) in [6.45, 7) is 0.257. The summed E-state index contributed by atoms with van der Waals surface area (Å²) < 4.78 is 27.5. The number of hydrogen-bond acceptors (Lipinski definition) is 3. The summed E-state index contributed by atoms with van der Waals surface area (Å²) in [6.07, 6.45) is 0.335. The Hall–Kier alpha value is -0.300. The van der Waals surface area contributed by atoms with E-state index in [1.807, 2.05) is 0 Å². The van der Waals surface area contributed by atoms with Gasteiger partial charge < -0.3 is 4.74 Å². The Balaban J connectivity index is 2.46. The molecule has 0 amide bonds. The minimum absolute atomic E-state index is 0.0986. The molecular weight excluding hydrogens is 318 g/mol. The Morgan fingerprint density at radius 3 is 2.75 bits per heavy atom. The highest BCUT2D eigenvalue weighted by Gasteiger charge is 2.05. The highest BCUT2D eigenvalue weighted by atomic mass is 79.9. The SMILES string of the molecule is NS(=O)(=O)CCCOc1cc(Br)ccc1Cl. The molecule has 1 aromatic carbocycles. The zero-order chi connectivity index (χ0) is 12.2. The Labute approximate surface area is 108 Å². The number of rotatable bonds is 5. The molecule has 0 aromatic heterocycles. The van der Waals surface area contributed by atoms with Crippen molar-refractivity contribution in [1.82, 2.24) is 0 Å². The average molecular weight is 329 g/mol. The molecule has 0 heterocycles. The van der Waals surface area contributed by atoms with Crippen LogP contribution in [0.3, 0.4) is 0 Å². The van der Waals surface area contributed by atoms with Gasteiger partial charge in [0.1, 0.15) is 5.75 Å². The smallest absolute Gasteiger partial charge is 0.209 e. The molecule has 0 aliphatic carbocycles. The number of sulfonamides is 1. The van der Waals surface area contributed by atoms with Crippen molar-refractivity contribution in [1.29, 1.82) is 0 Å². The van der Waals surface area contributed by atoms with Gasteiger partial charge in [-0.15, -0.1) is 0 Å². The summed E-state index contributed by atoms with van der Waals surface area (Å²) in [5, 5.41) is 5.34. The van der Waals surface area contributed by atoms with E-state index < -0.39 is 10.0 Å². The molecule has 7 heteroatoms. The molecule has 0 unspecified atom stereocenters. The molecule has 0 spiro atoms. The van der Waals surface area contributed by atoms with Crippen molar-refractivity contribution in [3.05, 3.63) is 27.7 Å². The topological polar surface area (TPSA) is 69.4 Å². The summed E-state index contributed by atoms with van der Waals surface area (Å²) in [4.78, 5) is 0. The van der Waals surface area contributed by atoms with E-state index in [0.29, 0.717) is 17.2 Å². The molecule has 0 saturated heterocycles. The molecule has 4 nitrogen and oxygen atoms in total. The van der Waals surface area contributed by atoms with Crippen LogP contribution in [-0.4, -0.2) is 20.8 Å².